The summed E-state index contributed by atoms with van der Waals surface area (Å²) in [6, 6.07) is 3.80. The van der Waals surface area contributed by atoms with Gasteiger partial charge >= 0.3 is 11.1 Å². The van der Waals surface area contributed by atoms with Crippen molar-refractivity contribution in [3.8, 4) is 6.07 Å². The predicted molar refractivity (Wildman–Crippen MR) is 69.9 cm³/mol. The van der Waals surface area contributed by atoms with Crippen LogP contribution < -0.4 is 11.1 Å². The first-order valence-corrected chi connectivity index (χ1v) is 6.00. The van der Waals surface area contributed by atoms with Crippen LogP contribution in [0.2, 0.25) is 0 Å². The number of hydrogen-bond acceptors (Lipinski definition) is 4. The Hall–Kier alpha value is -2.39. The van der Waals surface area contributed by atoms with Crippen molar-refractivity contribution in [2.75, 3.05) is 13.6 Å². The summed E-state index contributed by atoms with van der Waals surface area (Å²) in [6.45, 7) is 1.53. The molecule has 1 aliphatic heterocycles. The van der Waals surface area contributed by atoms with Gasteiger partial charge in [-0.1, -0.05) is 0 Å². The predicted octanol–water partition coefficient (Wildman–Crippen LogP) is 0.0760. The van der Waals surface area contributed by atoms with Gasteiger partial charge in [0, 0.05) is 13.1 Å². The zero-order chi connectivity index (χ0) is 13.6. The lowest BCUT2D eigenvalue weighted by molar-refractivity contribution is 0.314. The number of rotatable bonds is 0. The Kier molecular flexibility index (Phi) is 2.50. The van der Waals surface area contributed by atoms with Crippen molar-refractivity contribution in [3.63, 3.8) is 0 Å². The Morgan fingerprint density at radius 3 is 2.74 bits per heavy atom. The number of fused-ring (bicyclic) bond motifs is 3. The second-order valence-electron chi connectivity index (χ2n) is 4.81. The maximum atomic E-state index is 11.5. The largest absolute Gasteiger partial charge is 0.316 e. The van der Waals surface area contributed by atoms with Gasteiger partial charge in [0.2, 0.25) is 0 Å². The fourth-order valence-corrected chi connectivity index (χ4v) is 2.58. The lowest BCUT2D eigenvalue weighted by atomic mass is 9.93. The van der Waals surface area contributed by atoms with Crippen LogP contribution in [0.4, 0.5) is 0 Å². The topological polar surface area (TPSA) is 92.8 Å². The molecule has 0 bridgehead atoms. The van der Waals surface area contributed by atoms with Gasteiger partial charge in [-0.15, -0.1) is 0 Å². The average Bonchev–Trinajstić information content (AvgIpc) is 2.39. The average molecular weight is 256 g/mol. The van der Waals surface area contributed by atoms with Crippen LogP contribution in [0.1, 0.15) is 16.7 Å². The molecule has 0 amide bonds. The fraction of sp³-hybridized carbons (Fsp3) is 0.308. The summed E-state index contributed by atoms with van der Waals surface area (Å²) in [5, 5.41) is 9.22. The van der Waals surface area contributed by atoms with Crippen molar-refractivity contribution in [1.29, 1.82) is 5.26 Å². The lowest BCUT2D eigenvalue weighted by Gasteiger charge is -2.26. The van der Waals surface area contributed by atoms with Gasteiger partial charge in [-0.25, -0.2) is 0 Å². The van der Waals surface area contributed by atoms with Gasteiger partial charge in [0.25, 0.3) is 0 Å². The highest BCUT2D eigenvalue weighted by Gasteiger charge is 2.20. The number of H-pyrrole nitrogens is 2. The van der Waals surface area contributed by atoms with Crippen LogP contribution >= 0.6 is 0 Å². The zero-order valence-electron chi connectivity index (χ0n) is 10.4. The van der Waals surface area contributed by atoms with E-state index in [4.69, 9.17) is 0 Å². The van der Waals surface area contributed by atoms with Gasteiger partial charge in [-0.05, 0) is 30.7 Å². The molecular formula is C13H12N4O2. The Labute approximate surface area is 108 Å². The molecule has 0 fully saturated rings. The zero-order valence-corrected chi connectivity index (χ0v) is 10.4. The molecule has 2 N–H and O–H groups in total. The highest BCUT2D eigenvalue weighted by Crippen LogP contribution is 2.27. The Balaban J connectivity index is 2.45. The Morgan fingerprint density at radius 2 is 2.00 bits per heavy atom. The van der Waals surface area contributed by atoms with E-state index in [9.17, 15) is 14.9 Å². The molecule has 0 radical (unpaired) electrons. The van der Waals surface area contributed by atoms with Crippen LogP contribution in [0.3, 0.4) is 0 Å². The molecule has 1 aliphatic rings. The summed E-state index contributed by atoms with van der Waals surface area (Å²) in [6.07, 6.45) is 0.770. The maximum absolute atomic E-state index is 11.5. The minimum absolute atomic E-state index is 0.509. The first-order valence-electron chi connectivity index (χ1n) is 6.00. The molecular weight excluding hydrogens is 244 g/mol. The summed E-state index contributed by atoms with van der Waals surface area (Å²) in [4.78, 5) is 30.1. The van der Waals surface area contributed by atoms with Crippen LogP contribution in [0.25, 0.3) is 11.0 Å². The molecule has 6 heteroatoms. The standard InChI is InChI=1S/C13H12N4O2/c1-17-3-2-8-7(5-14)4-10-11(9(8)6-17)16-13(19)12(18)15-10/h4H,2-3,6H2,1H3,(H,15,18)(H,16,19). The molecule has 2 heterocycles. The van der Waals surface area contributed by atoms with Gasteiger partial charge in [0.05, 0.1) is 22.7 Å². The molecule has 1 aromatic heterocycles. The SMILES string of the molecule is CN1CCc2c(C#N)cc3[nH]c(=O)c(=O)[nH]c3c2C1. The van der Waals surface area contributed by atoms with Gasteiger partial charge in [-0.2, -0.15) is 5.26 Å². The minimum atomic E-state index is -0.694. The smallest absolute Gasteiger partial charge is 0.314 e. The Bertz CT molecular complexity index is 825. The highest BCUT2D eigenvalue weighted by molar-refractivity contribution is 5.81. The van der Waals surface area contributed by atoms with Crippen molar-refractivity contribution in [2.24, 2.45) is 0 Å². The van der Waals surface area contributed by atoms with Crippen molar-refractivity contribution in [1.82, 2.24) is 14.9 Å². The van der Waals surface area contributed by atoms with Crippen molar-refractivity contribution in [2.45, 2.75) is 13.0 Å². The summed E-state index contributed by atoms with van der Waals surface area (Å²) < 4.78 is 0. The first-order chi connectivity index (χ1) is 9.10. The molecule has 0 spiro atoms. The van der Waals surface area contributed by atoms with E-state index in [0.29, 0.717) is 23.1 Å². The van der Waals surface area contributed by atoms with E-state index in [0.717, 1.165) is 24.1 Å². The van der Waals surface area contributed by atoms with Gasteiger partial charge in [-0.3, -0.25) is 9.59 Å². The molecule has 0 saturated carbocycles. The van der Waals surface area contributed by atoms with Crippen LogP contribution in [0.15, 0.2) is 15.7 Å². The summed E-state index contributed by atoms with van der Waals surface area (Å²) in [5.74, 6) is 0. The van der Waals surface area contributed by atoms with Gasteiger partial charge in [0.1, 0.15) is 0 Å². The van der Waals surface area contributed by atoms with Crippen LogP contribution in [0.5, 0.6) is 0 Å². The van der Waals surface area contributed by atoms with Crippen molar-refractivity contribution < 1.29 is 0 Å². The molecule has 96 valence electrons. The molecule has 0 saturated heterocycles. The third kappa shape index (κ3) is 1.75. The molecule has 3 rings (SSSR count). The molecule has 2 aromatic rings. The lowest BCUT2D eigenvalue weighted by Crippen LogP contribution is -2.32. The molecule has 19 heavy (non-hydrogen) atoms. The van der Waals surface area contributed by atoms with E-state index < -0.39 is 11.1 Å². The fourth-order valence-electron chi connectivity index (χ4n) is 2.58. The number of hydrogen-bond donors (Lipinski definition) is 2. The van der Waals surface area contributed by atoms with E-state index in [1.54, 1.807) is 6.07 Å². The number of nitrogens with zero attached hydrogens (tertiary/aromatic N) is 2. The number of aromatic amines is 2. The number of nitrogens with one attached hydrogen (secondary N) is 2. The Morgan fingerprint density at radius 1 is 1.26 bits per heavy atom. The minimum Gasteiger partial charge on any atom is -0.316 e. The second kappa shape index (κ2) is 4.07. The van der Waals surface area contributed by atoms with E-state index in [1.165, 1.54) is 0 Å². The molecule has 6 nitrogen and oxygen atoms in total. The molecule has 0 atom stereocenters. The highest BCUT2D eigenvalue weighted by atomic mass is 16.2. The molecule has 0 aliphatic carbocycles. The summed E-state index contributed by atoms with van der Waals surface area (Å²) in [7, 11) is 1.98. The maximum Gasteiger partial charge on any atom is 0.314 e. The van der Waals surface area contributed by atoms with E-state index in [-0.39, 0.29) is 0 Å². The number of benzene rings is 1. The normalized spacial score (nSPS) is 15.2. The van der Waals surface area contributed by atoms with Crippen LogP contribution in [-0.4, -0.2) is 28.5 Å². The quantitative estimate of drug-likeness (QED) is 0.653. The van der Waals surface area contributed by atoms with E-state index in [1.807, 2.05) is 7.05 Å². The second-order valence-corrected chi connectivity index (χ2v) is 4.81. The van der Waals surface area contributed by atoms with Crippen molar-refractivity contribution >= 4 is 11.0 Å². The number of nitriles is 1. The van der Waals surface area contributed by atoms with E-state index in [2.05, 4.69) is 20.9 Å². The van der Waals surface area contributed by atoms with Gasteiger partial charge < -0.3 is 14.9 Å². The monoisotopic (exact) mass is 256 g/mol. The number of likely N-dealkylation sites (N-methyl/N-ethyl adjacent to an activating group) is 1. The van der Waals surface area contributed by atoms with Crippen LogP contribution in [-0.2, 0) is 13.0 Å². The van der Waals surface area contributed by atoms with Crippen LogP contribution in [0, 0.1) is 11.3 Å². The molecule has 1 aromatic carbocycles. The summed E-state index contributed by atoms with van der Waals surface area (Å²) >= 11 is 0. The van der Waals surface area contributed by atoms with E-state index >= 15 is 0 Å². The van der Waals surface area contributed by atoms with Gasteiger partial charge in [0.15, 0.2) is 0 Å². The van der Waals surface area contributed by atoms with Crippen molar-refractivity contribution in [3.05, 3.63) is 43.5 Å². The molecule has 0 unspecified atom stereocenters. The third-order valence-corrected chi connectivity index (χ3v) is 3.53. The summed E-state index contributed by atoms with van der Waals surface area (Å²) in [5.41, 5.74) is 2.25. The first kappa shape index (κ1) is 11.7. The number of aromatic nitrogens is 2. The third-order valence-electron chi connectivity index (χ3n) is 3.53.